The highest BCUT2D eigenvalue weighted by atomic mass is 32.1. The van der Waals surface area contributed by atoms with Gasteiger partial charge in [0.15, 0.2) is 4.96 Å². The van der Waals surface area contributed by atoms with E-state index in [0.717, 1.165) is 0 Å². The summed E-state index contributed by atoms with van der Waals surface area (Å²) in [5.74, 6) is -1.05. The third-order valence-corrected chi connectivity index (χ3v) is 4.01. The Balaban J connectivity index is 1.70. The molecule has 24 heavy (non-hydrogen) atoms. The van der Waals surface area contributed by atoms with Crippen molar-refractivity contribution in [3.8, 4) is 0 Å². The first-order valence-corrected chi connectivity index (χ1v) is 7.78. The summed E-state index contributed by atoms with van der Waals surface area (Å²) in [5.41, 5.74) is 0.778. The van der Waals surface area contributed by atoms with E-state index in [9.17, 15) is 14.4 Å². The van der Waals surface area contributed by atoms with Crippen LogP contribution < -0.4 is 5.56 Å². The highest BCUT2D eigenvalue weighted by Crippen LogP contribution is 2.10. The fraction of sp³-hybridized carbons (Fsp3) is 0.125. The van der Waals surface area contributed by atoms with Crippen LogP contribution in [-0.2, 0) is 16.1 Å². The summed E-state index contributed by atoms with van der Waals surface area (Å²) in [6.45, 7) is -0.110. The lowest BCUT2D eigenvalue weighted by Crippen LogP contribution is -2.14. The molecule has 0 amide bonds. The second-order valence-electron chi connectivity index (χ2n) is 4.79. The molecular weight excluding hydrogens is 332 g/mol. The van der Waals surface area contributed by atoms with Crippen LogP contribution in [0.4, 0.5) is 0 Å². The van der Waals surface area contributed by atoms with Gasteiger partial charge in [-0.25, -0.2) is 14.6 Å². The number of benzene rings is 1. The van der Waals surface area contributed by atoms with Crippen molar-refractivity contribution in [2.75, 3.05) is 7.11 Å². The summed E-state index contributed by atoms with van der Waals surface area (Å²) in [7, 11) is 1.28. The number of carbonyl (C=O) groups is 2. The first-order valence-electron chi connectivity index (χ1n) is 6.90. The molecule has 0 fully saturated rings. The standard InChI is InChI=1S/C16H12N2O5S/c1-22-14(20)10-2-4-11(5-3-10)15(21)23-9-12-8-13(19)18-6-7-24-16(18)17-12/h2-8H,9H2,1H3. The van der Waals surface area contributed by atoms with Gasteiger partial charge in [-0.05, 0) is 24.3 Å². The summed E-state index contributed by atoms with van der Waals surface area (Å²) in [6, 6.07) is 7.22. The fourth-order valence-electron chi connectivity index (χ4n) is 2.04. The van der Waals surface area contributed by atoms with Gasteiger partial charge in [0.2, 0.25) is 0 Å². The molecule has 0 N–H and O–H groups in total. The number of carbonyl (C=O) groups excluding carboxylic acids is 2. The van der Waals surface area contributed by atoms with Gasteiger partial charge >= 0.3 is 11.9 Å². The lowest BCUT2D eigenvalue weighted by atomic mass is 10.1. The zero-order valence-corrected chi connectivity index (χ0v) is 13.4. The number of fused-ring (bicyclic) bond motifs is 1. The number of hydrogen-bond donors (Lipinski definition) is 0. The van der Waals surface area contributed by atoms with Crippen molar-refractivity contribution in [1.82, 2.24) is 9.38 Å². The Hall–Kier alpha value is -3.00. The van der Waals surface area contributed by atoms with Gasteiger partial charge in [-0.15, -0.1) is 11.3 Å². The summed E-state index contributed by atoms with van der Waals surface area (Å²) < 4.78 is 11.2. The first-order chi connectivity index (χ1) is 11.6. The maximum atomic E-state index is 12.0. The number of thiazole rings is 1. The molecule has 0 aliphatic heterocycles. The van der Waals surface area contributed by atoms with Crippen LogP contribution in [0.3, 0.4) is 0 Å². The van der Waals surface area contributed by atoms with Crippen molar-refractivity contribution in [3.05, 3.63) is 69.1 Å². The van der Waals surface area contributed by atoms with Gasteiger partial charge in [-0.2, -0.15) is 0 Å². The Morgan fingerprint density at radius 2 is 1.83 bits per heavy atom. The molecule has 3 rings (SSSR count). The second kappa shape index (κ2) is 6.63. The van der Waals surface area contributed by atoms with Crippen molar-refractivity contribution in [2.24, 2.45) is 0 Å². The number of methoxy groups -OCH3 is 1. The van der Waals surface area contributed by atoms with Crippen LogP contribution in [0.1, 0.15) is 26.4 Å². The first kappa shape index (κ1) is 15.9. The van der Waals surface area contributed by atoms with Crippen LogP contribution in [0, 0.1) is 0 Å². The number of ether oxygens (including phenoxy) is 2. The molecule has 1 aromatic carbocycles. The lowest BCUT2D eigenvalue weighted by molar-refractivity contribution is 0.0466. The molecular formula is C16H12N2O5S. The Bertz CT molecular complexity index is 959. The van der Waals surface area contributed by atoms with Crippen molar-refractivity contribution in [1.29, 1.82) is 0 Å². The largest absolute Gasteiger partial charge is 0.465 e. The van der Waals surface area contributed by atoms with Crippen LogP contribution in [0.15, 0.2) is 46.7 Å². The van der Waals surface area contributed by atoms with Crippen molar-refractivity contribution < 1.29 is 19.1 Å². The molecule has 0 aliphatic carbocycles. The molecule has 0 saturated carbocycles. The van der Waals surface area contributed by atoms with E-state index >= 15 is 0 Å². The van der Waals surface area contributed by atoms with E-state index in [-0.39, 0.29) is 17.7 Å². The molecule has 0 unspecified atom stereocenters. The Kier molecular flexibility index (Phi) is 4.39. The van der Waals surface area contributed by atoms with E-state index < -0.39 is 11.9 Å². The van der Waals surface area contributed by atoms with Gasteiger partial charge in [0.05, 0.1) is 23.9 Å². The zero-order chi connectivity index (χ0) is 17.1. The number of nitrogens with zero attached hydrogens (tertiary/aromatic N) is 2. The molecule has 122 valence electrons. The van der Waals surface area contributed by atoms with E-state index in [0.29, 0.717) is 16.2 Å². The molecule has 0 saturated heterocycles. The second-order valence-corrected chi connectivity index (χ2v) is 5.66. The Labute approximate surface area is 140 Å². The molecule has 8 heteroatoms. The minimum Gasteiger partial charge on any atom is -0.465 e. The predicted octanol–water partition coefficient (Wildman–Crippen LogP) is 1.90. The van der Waals surface area contributed by atoms with Gasteiger partial charge in [0, 0.05) is 17.6 Å². The zero-order valence-electron chi connectivity index (χ0n) is 12.6. The molecule has 0 spiro atoms. The number of rotatable bonds is 4. The van der Waals surface area contributed by atoms with E-state index in [1.165, 1.54) is 53.2 Å². The predicted molar refractivity (Wildman–Crippen MR) is 86.2 cm³/mol. The maximum Gasteiger partial charge on any atom is 0.338 e. The lowest BCUT2D eigenvalue weighted by Gasteiger charge is -2.05. The quantitative estimate of drug-likeness (QED) is 0.672. The van der Waals surface area contributed by atoms with E-state index in [4.69, 9.17) is 4.74 Å². The van der Waals surface area contributed by atoms with Crippen LogP contribution in [0.25, 0.3) is 4.96 Å². The maximum absolute atomic E-state index is 12.0. The summed E-state index contributed by atoms with van der Waals surface area (Å²) >= 11 is 1.32. The minimum atomic E-state index is -0.570. The Morgan fingerprint density at radius 1 is 1.17 bits per heavy atom. The Morgan fingerprint density at radius 3 is 2.50 bits per heavy atom. The fourth-order valence-corrected chi connectivity index (χ4v) is 2.78. The van der Waals surface area contributed by atoms with Crippen molar-refractivity contribution in [2.45, 2.75) is 6.61 Å². The molecule has 0 radical (unpaired) electrons. The van der Waals surface area contributed by atoms with E-state index in [1.54, 1.807) is 11.6 Å². The van der Waals surface area contributed by atoms with Gasteiger partial charge in [0.1, 0.15) is 6.61 Å². The van der Waals surface area contributed by atoms with Gasteiger partial charge in [0.25, 0.3) is 5.56 Å². The molecule has 0 atom stereocenters. The number of hydrogen-bond acceptors (Lipinski definition) is 7. The average molecular weight is 344 g/mol. The van der Waals surface area contributed by atoms with Crippen LogP contribution in [0.2, 0.25) is 0 Å². The summed E-state index contributed by atoms with van der Waals surface area (Å²) in [4.78, 5) is 40.0. The third kappa shape index (κ3) is 3.18. The van der Waals surface area contributed by atoms with Crippen molar-refractivity contribution in [3.63, 3.8) is 0 Å². The number of esters is 2. The SMILES string of the molecule is COC(=O)c1ccc(C(=O)OCc2cc(=O)n3ccsc3n2)cc1. The smallest absolute Gasteiger partial charge is 0.338 e. The van der Waals surface area contributed by atoms with E-state index in [1.807, 2.05) is 0 Å². The normalized spacial score (nSPS) is 10.5. The molecule has 2 aromatic heterocycles. The summed E-state index contributed by atoms with van der Waals surface area (Å²) in [6.07, 6.45) is 1.63. The van der Waals surface area contributed by atoms with Gasteiger partial charge < -0.3 is 9.47 Å². The van der Waals surface area contributed by atoms with Crippen LogP contribution >= 0.6 is 11.3 Å². The van der Waals surface area contributed by atoms with Gasteiger partial charge in [-0.1, -0.05) is 0 Å². The molecule has 0 bridgehead atoms. The third-order valence-electron chi connectivity index (χ3n) is 3.25. The minimum absolute atomic E-state index is 0.110. The summed E-state index contributed by atoms with van der Waals surface area (Å²) in [5, 5.41) is 1.75. The van der Waals surface area contributed by atoms with E-state index in [2.05, 4.69) is 9.72 Å². The van der Waals surface area contributed by atoms with Crippen molar-refractivity contribution >= 4 is 28.2 Å². The highest BCUT2D eigenvalue weighted by Gasteiger charge is 2.11. The van der Waals surface area contributed by atoms with Crippen LogP contribution in [0.5, 0.6) is 0 Å². The highest BCUT2D eigenvalue weighted by molar-refractivity contribution is 7.15. The number of aromatic nitrogens is 2. The van der Waals surface area contributed by atoms with Crippen LogP contribution in [-0.4, -0.2) is 28.4 Å². The molecule has 2 heterocycles. The molecule has 0 aliphatic rings. The monoisotopic (exact) mass is 344 g/mol. The molecule has 7 nitrogen and oxygen atoms in total. The van der Waals surface area contributed by atoms with Gasteiger partial charge in [-0.3, -0.25) is 9.20 Å². The molecule has 3 aromatic rings. The topological polar surface area (TPSA) is 87.0 Å². The average Bonchev–Trinajstić information content (AvgIpc) is 3.08.